The van der Waals surface area contributed by atoms with E-state index >= 15 is 0 Å². The first-order valence-electron chi connectivity index (χ1n) is 9.10. The van der Waals surface area contributed by atoms with E-state index in [4.69, 9.17) is 24.7 Å². The van der Waals surface area contributed by atoms with Crippen LogP contribution in [0.2, 0.25) is 0 Å². The van der Waals surface area contributed by atoms with E-state index in [9.17, 15) is 0 Å². The summed E-state index contributed by atoms with van der Waals surface area (Å²) in [5.41, 5.74) is 2.16. The molecule has 1 saturated heterocycles. The number of aromatic nitrogens is 1. The highest BCUT2D eigenvalue weighted by atomic mass is 16.5. The number of aryl methyl sites for hydroxylation is 2. The molecule has 0 radical (unpaired) electrons. The second-order valence-corrected chi connectivity index (χ2v) is 6.43. The largest absolute Gasteiger partial charge is 0.492 e. The summed E-state index contributed by atoms with van der Waals surface area (Å²) in [6.07, 6.45) is 0. The lowest BCUT2D eigenvalue weighted by molar-refractivity contribution is 0.122. The number of hydrogen-bond acceptors (Lipinski definition) is 8. The molecule has 0 saturated carbocycles. The molecule has 3 rings (SSSR count). The summed E-state index contributed by atoms with van der Waals surface area (Å²) in [4.78, 5) is 6.95. The van der Waals surface area contributed by atoms with Crippen LogP contribution in [-0.4, -0.2) is 57.2 Å². The number of hydrazone groups is 1. The quantitative estimate of drug-likeness (QED) is 0.328. The monoisotopic (exact) mass is 373 g/mol. The number of pyridine rings is 1. The summed E-state index contributed by atoms with van der Waals surface area (Å²) < 4.78 is 17.1. The minimum atomic E-state index is 0.500. The van der Waals surface area contributed by atoms with Crippen molar-refractivity contribution in [1.82, 2.24) is 10.3 Å². The van der Waals surface area contributed by atoms with Gasteiger partial charge in [-0.3, -0.25) is 0 Å². The minimum Gasteiger partial charge on any atom is -0.492 e. The second-order valence-electron chi connectivity index (χ2n) is 6.43. The summed E-state index contributed by atoms with van der Waals surface area (Å²) in [5.74, 6) is 8.67. The van der Waals surface area contributed by atoms with Gasteiger partial charge in [0.2, 0.25) is 0 Å². The number of ether oxygens (including phenoxy) is 2. The fourth-order valence-electron chi connectivity index (χ4n) is 2.87. The Labute approximate surface area is 159 Å². The Kier molecular flexibility index (Phi) is 6.31. The van der Waals surface area contributed by atoms with Crippen molar-refractivity contribution in [3.05, 3.63) is 41.0 Å². The molecule has 146 valence electrons. The molecule has 3 N–H and O–H groups in total. The lowest BCUT2D eigenvalue weighted by Gasteiger charge is -2.28. The molecule has 2 aromatic heterocycles. The van der Waals surface area contributed by atoms with Gasteiger partial charge in [-0.1, -0.05) is 0 Å². The van der Waals surface area contributed by atoms with Crippen LogP contribution in [-0.2, 0) is 4.74 Å². The molecule has 1 fully saturated rings. The molecule has 8 heteroatoms. The smallest absolute Gasteiger partial charge is 0.156 e. The molecule has 27 heavy (non-hydrogen) atoms. The van der Waals surface area contributed by atoms with Crippen molar-refractivity contribution < 1.29 is 13.9 Å². The topological polar surface area (TPSA) is 98.1 Å². The average Bonchev–Trinajstić information content (AvgIpc) is 3.01. The molecule has 2 aromatic rings. The van der Waals surface area contributed by atoms with Gasteiger partial charge in [0, 0.05) is 31.8 Å². The van der Waals surface area contributed by atoms with Gasteiger partial charge in [-0.15, -0.1) is 0 Å². The van der Waals surface area contributed by atoms with Gasteiger partial charge >= 0.3 is 0 Å². The van der Waals surface area contributed by atoms with Crippen molar-refractivity contribution in [2.45, 2.75) is 13.8 Å². The standard InChI is InChI=1S/C19H27N5O3/c1-13-10-17(27-14(13)2)19(23-20)16-11-15(26-7-4-21-3)12-18(22-16)24-5-8-25-9-6-24/h10-12,21H,4-9,20H2,1-3H3/b23-19+. The molecule has 0 atom stereocenters. The van der Waals surface area contributed by atoms with E-state index in [0.717, 1.165) is 42.5 Å². The Morgan fingerprint density at radius 2 is 2.07 bits per heavy atom. The van der Waals surface area contributed by atoms with Crippen LogP contribution < -0.4 is 20.8 Å². The van der Waals surface area contributed by atoms with E-state index in [2.05, 4.69) is 15.3 Å². The van der Waals surface area contributed by atoms with Gasteiger partial charge < -0.3 is 30.0 Å². The highest BCUT2D eigenvalue weighted by Gasteiger charge is 2.20. The zero-order chi connectivity index (χ0) is 19.2. The van der Waals surface area contributed by atoms with Gasteiger partial charge in [-0.25, -0.2) is 4.98 Å². The maximum atomic E-state index is 5.89. The van der Waals surface area contributed by atoms with Gasteiger partial charge in [0.15, 0.2) is 11.5 Å². The molecule has 0 amide bonds. The van der Waals surface area contributed by atoms with E-state index in [1.807, 2.05) is 39.1 Å². The third-order valence-corrected chi connectivity index (χ3v) is 4.51. The minimum absolute atomic E-state index is 0.500. The third kappa shape index (κ3) is 4.58. The van der Waals surface area contributed by atoms with Crippen LogP contribution in [0.5, 0.6) is 5.75 Å². The average molecular weight is 373 g/mol. The zero-order valence-corrected chi connectivity index (χ0v) is 16.1. The van der Waals surface area contributed by atoms with Crippen molar-refractivity contribution in [3.63, 3.8) is 0 Å². The van der Waals surface area contributed by atoms with Gasteiger partial charge in [0.1, 0.15) is 29.6 Å². The van der Waals surface area contributed by atoms with Crippen molar-refractivity contribution in [2.75, 3.05) is 51.4 Å². The van der Waals surface area contributed by atoms with Crippen LogP contribution in [0.1, 0.15) is 22.8 Å². The molecular formula is C19H27N5O3. The maximum absolute atomic E-state index is 5.89. The molecule has 0 bridgehead atoms. The molecule has 3 heterocycles. The summed E-state index contributed by atoms with van der Waals surface area (Å²) in [7, 11) is 1.89. The van der Waals surface area contributed by atoms with E-state index in [1.54, 1.807) is 0 Å². The van der Waals surface area contributed by atoms with E-state index in [0.29, 0.717) is 37.0 Å². The van der Waals surface area contributed by atoms with Crippen molar-refractivity contribution in [1.29, 1.82) is 0 Å². The Bertz CT molecular complexity index is 777. The van der Waals surface area contributed by atoms with Crippen LogP contribution in [0.3, 0.4) is 0 Å². The first-order valence-corrected chi connectivity index (χ1v) is 9.10. The molecule has 1 aliphatic rings. The third-order valence-electron chi connectivity index (χ3n) is 4.51. The van der Waals surface area contributed by atoms with E-state index in [1.165, 1.54) is 0 Å². The van der Waals surface area contributed by atoms with Crippen molar-refractivity contribution in [3.8, 4) is 5.75 Å². The van der Waals surface area contributed by atoms with Crippen molar-refractivity contribution >= 4 is 11.5 Å². The van der Waals surface area contributed by atoms with Crippen LogP contribution >= 0.6 is 0 Å². The molecule has 1 aliphatic heterocycles. The fourth-order valence-corrected chi connectivity index (χ4v) is 2.87. The Balaban J connectivity index is 1.97. The predicted molar refractivity (Wildman–Crippen MR) is 105 cm³/mol. The highest BCUT2D eigenvalue weighted by Crippen LogP contribution is 2.25. The van der Waals surface area contributed by atoms with Crippen LogP contribution in [0.25, 0.3) is 0 Å². The van der Waals surface area contributed by atoms with E-state index in [-0.39, 0.29) is 0 Å². The lowest BCUT2D eigenvalue weighted by Crippen LogP contribution is -2.37. The number of nitrogens with one attached hydrogen (secondary N) is 1. The Morgan fingerprint density at radius 1 is 1.30 bits per heavy atom. The summed E-state index contributed by atoms with van der Waals surface area (Å²) in [6, 6.07) is 5.71. The lowest BCUT2D eigenvalue weighted by atomic mass is 10.1. The first-order chi connectivity index (χ1) is 13.1. The molecule has 0 aromatic carbocycles. The number of rotatable bonds is 7. The van der Waals surface area contributed by atoms with E-state index < -0.39 is 0 Å². The Morgan fingerprint density at radius 3 is 2.70 bits per heavy atom. The summed E-state index contributed by atoms with van der Waals surface area (Å²) >= 11 is 0. The molecule has 0 aliphatic carbocycles. The second kappa shape index (κ2) is 8.88. The summed E-state index contributed by atoms with van der Waals surface area (Å²) in [5, 5.41) is 7.03. The SMILES string of the molecule is CNCCOc1cc(/C(=N\N)c2cc(C)c(C)o2)nc(N2CCOCC2)c1. The van der Waals surface area contributed by atoms with Crippen LogP contribution in [0, 0.1) is 13.8 Å². The maximum Gasteiger partial charge on any atom is 0.156 e. The molecule has 8 nitrogen and oxygen atoms in total. The molecule has 0 unspecified atom stereocenters. The Hall–Kier alpha value is -2.58. The van der Waals surface area contributed by atoms with Gasteiger partial charge in [0.05, 0.1) is 13.2 Å². The normalized spacial score (nSPS) is 15.2. The number of anilines is 1. The molecular weight excluding hydrogens is 346 g/mol. The van der Waals surface area contributed by atoms with Gasteiger partial charge in [0.25, 0.3) is 0 Å². The number of morpholine rings is 1. The predicted octanol–water partition coefficient (Wildman–Crippen LogP) is 1.44. The number of furan rings is 1. The number of likely N-dealkylation sites (N-methyl/N-ethyl adjacent to an activating group) is 1. The number of hydrogen-bond donors (Lipinski definition) is 2. The van der Waals surface area contributed by atoms with Crippen LogP contribution in [0.15, 0.2) is 27.7 Å². The molecule has 0 spiro atoms. The number of nitrogens with two attached hydrogens (primary N) is 1. The number of nitrogens with zero attached hydrogens (tertiary/aromatic N) is 3. The summed E-state index contributed by atoms with van der Waals surface area (Å²) in [6.45, 7) is 8.11. The van der Waals surface area contributed by atoms with Gasteiger partial charge in [-0.05, 0) is 32.5 Å². The fraction of sp³-hybridized carbons (Fsp3) is 0.474. The first kappa shape index (κ1) is 19.2. The van der Waals surface area contributed by atoms with Gasteiger partial charge in [-0.2, -0.15) is 5.10 Å². The van der Waals surface area contributed by atoms with Crippen molar-refractivity contribution in [2.24, 2.45) is 10.9 Å². The van der Waals surface area contributed by atoms with Crippen LogP contribution in [0.4, 0.5) is 5.82 Å². The highest BCUT2D eigenvalue weighted by molar-refractivity contribution is 6.10. The zero-order valence-electron chi connectivity index (χ0n) is 16.1.